The fourth-order valence-corrected chi connectivity index (χ4v) is 9.13. The zero-order valence-electron chi connectivity index (χ0n) is 27.2. The Kier molecular flexibility index (Phi) is 5.19. The zero-order valence-corrected chi connectivity index (χ0v) is 27.2. The van der Waals surface area contributed by atoms with Crippen molar-refractivity contribution in [1.29, 1.82) is 0 Å². The van der Waals surface area contributed by atoms with E-state index in [1.165, 1.54) is 94.6 Å². The van der Waals surface area contributed by atoms with Crippen LogP contribution in [0, 0.1) is 0 Å². The molecular weight excluding hydrogens is 567 g/mol. The van der Waals surface area contributed by atoms with Crippen LogP contribution in [0.5, 0.6) is 0 Å². The second-order valence-corrected chi connectivity index (χ2v) is 14.5. The smallest absolute Gasteiger partial charge is 0.0622 e. The van der Waals surface area contributed by atoms with Gasteiger partial charge in [0.1, 0.15) is 0 Å². The molecule has 0 aromatic heterocycles. The molecule has 1 heteroatoms. The van der Waals surface area contributed by atoms with Gasteiger partial charge in [-0.3, -0.25) is 0 Å². The van der Waals surface area contributed by atoms with Crippen molar-refractivity contribution >= 4 is 27.8 Å². The van der Waals surface area contributed by atoms with Crippen molar-refractivity contribution in [3.8, 4) is 44.5 Å². The number of rotatable bonds is 2. The van der Waals surface area contributed by atoms with Crippen molar-refractivity contribution in [3.63, 3.8) is 0 Å². The van der Waals surface area contributed by atoms with Gasteiger partial charge in [-0.2, -0.15) is 0 Å². The van der Waals surface area contributed by atoms with Crippen molar-refractivity contribution in [2.75, 3.05) is 4.90 Å². The van der Waals surface area contributed by atoms with Gasteiger partial charge in [0.25, 0.3) is 0 Å². The van der Waals surface area contributed by atoms with Gasteiger partial charge < -0.3 is 4.90 Å². The van der Waals surface area contributed by atoms with E-state index in [2.05, 4.69) is 172 Å². The molecule has 0 atom stereocenters. The van der Waals surface area contributed by atoms with Crippen molar-refractivity contribution in [2.45, 2.75) is 38.5 Å². The molecule has 3 aliphatic rings. The summed E-state index contributed by atoms with van der Waals surface area (Å²) in [5, 5.41) is 2.60. The third-order valence-corrected chi connectivity index (χ3v) is 11.4. The van der Waals surface area contributed by atoms with E-state index < -0.39 is 0 Å². The lowest BCUT2D eigenvalue weighted by molar-refractivity contribution is 0.660. The van der Waals surface area contributed by atoms with Crippen molar-refractivity contribution < 1.29 is 0 Å². The van der Waals surface area contributed by atoms with Crippen LogP contribution >= 0.6 is 0 Å². The lowest BCUT2D eigenvalue weighted by Crippen LogP contribution is -2.18. The van der Waals surface area contributed by atoms with Gasteiger partial charge in [0.2, 0.25) is 0 Å². The monoisotopic (exact) mass is 601 g/mol. The molecule has 2 aliphatic carbocycles. The Morgan fingerprint density at radius 2 is 1.04 bits per heavy atom. The number of para-hydroxylation sites is 1. The zero-order chi connectivity index (χ0) is 31.7. The quantitative estimate of drug-likeness (QED) is 0.190. The Labute approximate surface area is 276 Å². The van der Waals surface area contributed by atoms with Crippen molar-refractivity contribution in [2.24, 2.45) is 0 Å². The fraction of sp³-hybridized carbons (Fsp3) is 0.130. The molecule has 0 unspecified atom stereocenters. The van der Waals surface area contributed by atoms with Crippen LogP contribution in [0.15, 0.2) is 140 Å². The highest BCUT2D eigenvalue weighted by Gasteiger charge is 2.41. The maximum absolute atomic E-state index is 2.53. The molecule has 1 nitrogen and oxygen atoms in total. The number of hydrogen-bond donors (Lipinski definition) is 0. The predicted molar refractivity (Wildman–Crippen MR) is 198 cm³/mol. The summed E-state index contributed by atoms with van der Waals surface area (Å²) in [7, 11) is 0. The molecule has 1 aliphatic heterocycles. The minimum absolute atomic E-state index is 0.00226. The van der Waals surface area contributed by atoms with Crippen molar-refractivity contribution in [3.05, 3.63) is 162 Å². The van der Waals surface area contributed by atoms with Gasteiger partial charge in [0, 0.05) is 33.0 Å². The lowest BCUT2D eigenvalue weighted by atomic mass is 9.80. The van der Waals surface area contributed by atoms with Gasteiger partial charge in [0.05, 0.1) is 11.4 Å². The fourth-order valence-electron chi connectivity index (χ4n) is 9.13. The third-order valence-electron chi connectivity index (χ3n) is 11.4. The Balaban J connectivity index is 1.26. The highest BCUT2D eigenvalue weighted by atomic mass is 15.2. The average Bonchev–Trinajstić information content (AvgIpc) is 3.48. The summed E-state index contributed by atoms with van der Waals surface area (Å²) in [6.07, 6.45) is 0. The van der Waals surface area contributed by atoms with E-state index in [1.54, 1.807) is 0 Å². The first kappa shape index (κ1) is 26.8. The summed E-state index contributed by atoms with van der Waals surface area (Å²) in [6.45, 7) is 9.45. The van der Waals surface area contributed by atoms with Crippen LogP contribution < -0.4 is 4.90 Å². The van der Waals surface area contributed by atoms with E-state index in [-0.39, 0.29) is 10.8 Å². The first-order valence-electron chi connectivity index (χ1n) is 16.8. The minimum atomic E-state index is -0.0692. The molecule has 7 aromatic carbocycles. The van der Waals surface area contributed by atoms with Crippen molar-refractivity contribution in [1.82, 2.24) is 0 Å². The van der Waals surface area contributed by atoms with Crippen LogP contribution in [0.2, 0.25) is 0 Å². The largest absolute Gasteiger partial charge is 0.309 e. The second-order valence-electron chi connectivity index (χ2n) is 14.5. The predicted octanol–water partition coefficient (Wildman–Crippen LogP) is 12.6. The maximum atomic E-state index is 2.53. The Hall–Kier alpha value is -5.40. The highest BCUT2D eigenvalue weighted by Crippen LogP contribution is 2.61. The number of anilines is 3. The minimum Gasteiger partial charge on any atom is -0.309 e. The van der Waals surface area contributed by atoms with Crippen LogP contribution in [0.25, 0.3) is 55.3 Å². The van der Waals surface area contributed by atoms with Gasteiger partial charge in [-0.05, 0) is 85.3 Å². The molecule has 224 valence electrons. The first-order valence-corrected chi connectivity index (χ1v) is 16.8. The average molecular weight is 602 g/mol. The first-order chi connectivity index (χ1) is 22.9. The van der Waals surface area contributed by atoms with Gasteiger partial charge in [0.15, 0.2) is 0 Å². The molecule has 47 heavy (non-hydrogen) atoms. The second kappa shape index (κ2) is 9.11. The van der Waals surface area contributed by atoms with Gasteiger partial charge in [-0.25, -0.2) is 0 Å². The summed E-state index contributed by atoms with van der Waals surface area (Å²) < 4.78 is 0. The summed E-state index contributed by atoms with van der Waals surface area (Å²) in [4.78, 5) is 2.53. The Morgan fingerprint density at radius 3 is 1.85 bits per heavy atom. The molecule has 0 N–H and O–H groups in total. The summed E-state index contributed by atoms with van der Waals surface area (Å²) in [5.41, 5.74) is 19.8. The molecule has 0 saturated carbocycles. The standard InChI is InChI=1S/C46H35N/c1-45(2)37-18-10-8-15-31(37)36-27-28(21-25-39(36)45)30-22-23-33-34-24-26-40-43(35-16-9-11-19-38(35)46(40,3)4)44(34)47(29-13-6-5-7-14-29)41-20-12-17-32(30)42(33)41/h5-27H,1-4H3. The maximum Gasteiger partial charge on any atom is 0.0622 e. The number of fused-ring (bicyclic) bond motifs is 9. The van der Waals surface area contributed by atoms with E-state index in [0.717, 1.165) is 0 Å². The molecule has 0 bridgehead atoms. The molecule has 0 amide bonds. The van der Waals surface area contributed by atoms with Gasteiger partial charge in [-0.15, -0.1) is 0 Å². The van der Waals surface area contributed by atoms with E-state index in [9.17, 15) is 0 Å². The highest BCUT2D eigenvalue weighted by molar-refractivity contribution is 6.19. The van der Waals surface area contributed by atoms with Crippen LogP contribution in [0.4, 0.5) is 17.1 Å². The van der Waals surface area contributed by atoms with Crippen LogP contribution in [-0.2, 0) is 10.8 Å². The SMILES string of the molecule is CC1(C)c2ccccc2-c2cc(-c3ccc4c5c(cccc35)N(c3ccccc3)c3c-4ccc4c3-c3ccccc3C4(C)C)ccc21. The number of nitrogens with zero attached hydrogens (tertiary/aromatic N) is 1. The van der Waals surface area contributed by atoms with E-state index in [4.69, 9.17) is 0 Å². The van der Waals surface area contributed by atoms with Crippen LogP contribution in [0.3, 0.4) is 0 Å². The molecule has 0 saturated heterocycles. The molecule has 0 spiro atoms. The molecule has 0 fully saturated rings. The summed E-state index contributed by atoms with van der Waals surface area (Å²) >= 11 is 0. The number of benzene rings is 7. The summed E-state index contributed by atoms with van der Waals surface area (Å²) in [6, 6.07) is 52.4. The summed E-state index contributed by atoms with van der Waals surface area (Å²) in [5.74, 6) is 0. The van der Waals surface area contributed by atoms with Gasteiger partial charge >= 0.3 is 0 Å². The van der Waals surface area contributed by atoms with Crippen LogP contribution in [-0.4, -0.2) is 0 Å². The third kappa shape index (κ3) is 3.39. The lowest BCUT2D eigenvalue weighted by Gasteiger charge is -2.36. The Morgan fingerprint density at radius 1 is 0.426 bits per heavy atom. The van der Waals surface area contributed by atoms with E-state index in [1.807, 2.05) is 0 Å². The topological polar surface area (TPSA) is 3.24 Å². The van der Waals surface area contributed by atoms with Crippen LogP contribution in [0.1, 0.15) is 49.9 Å². The number of hydrogen-bond acceptors (Lipinski definition) is 1. The molecule has 10 rings (SSSR count). The molecule has 0 radical (unpaired) electrons. The van der Waals surface area contributed by atoms with E-state index in [0.29, 0.717) is 0 Å². The molecule has 1 heterocycles. The normalized spacial score (nSPS) is 15.5. The van der Waals surface area contributed by atoms with E-state index >= 15 is 0 Å². The Bertz CT molecular complexity index is 2460. The molecular formula is C46H35N. The van der Waals surface area contributed by atoms with Gasteiger partial charge in [-0.1, -0.05) is 143 Å². The molecule has 7 aromatic rings.